The van der Waals surface area contributed by atoms with E-state index in [9.17, 15) is 45.5 Å². The molecule has 8 atom stereocenters. The van der Waals surface area contributed by atoms with E-state index in [1.807, 2.05) is 0 Å². The summed E-state index contributed by atoms with van der Waals surface area (Å²) in [6, 6.07) is -0.274. The highest BCUT2D eigenvalue weighted by Crippen LogP contribution is 2.38. The number of alkyl halides is 6. The number of carbonyl (C=O) groups excluding carboxylic acids is 3. The summed E-state index contributed by atoms with van der Waals surface area (Å²) >= 11 is 0. The van der Waals surface area contributed by atoms with E-state index in [1.165, 1.54) is 0 Å². The molecule has 0 aliphatic carbocycles. The second-order valence-electron chi connectivity index (χ2n) is 23.5. The topological polar surface area (TPSA) is 376 Å². The first kappa shape index (κ1) is 83.4. The number of anilines is 2. The Labute approximate surface area is 574 Å². The number of amides is 3. The number of hydrogen-bond donors (Lipinski definition) is 6. The number of hydrogen-bond acceptors (Lipinski definition) is 29. The van der Waals surface area contributed by atoms with E-state index in [4.69, 9.17) is 95.1 Å². The molecule has 3 amide bonds. The summed E-state index contributed by atoms with van der Waals surface area (Å²) in [4.78, 5) is 63.3. The predicted octanol–water partition coefficient (Wildman–Crippen LogP) is 1.20. The maximum Gasteiger partial charge on any atom is 0.433 e. The minimum Gasteiger partial charge on any atom is -0.480 e. The fourth-order valence-electron chi connectivity index (χ4n) is 9.97. The van der Waals surface area contributed by atoms with Crippen molar-refractivity contribution in [2.45, 2.75) is 119 Å². The van der Waals surface area contributed by atoms with Crippen molar-refractivity contribution in [3.8, 4) is 0 Å². The molecular formula is C61H95F6N9O24. The lowest BCUT2D eigenvalue weighted by atomic mass is 9.98. The number of nitrogens with one attached hydrogen (secondary N) is 5. The minimum atomic E-state index is -4.63. The van der Waals surface area contributed by atoms with Gasteiger partial charge in [0.25, 0.3) is 0 Å². The van der Waals surface area contributed by atoms with Gasteiger partial charge in [-0.05, 0) is 39.8 Å². The summed E-state index contributed by atoms with van der Waals surface area (Å²) in [5.74, 6) is -4.54. The third-order valence-corrected chi connectivity index (χ3v) is 14.4. The van der Waals surface area contributed by atoms with Gasteiger partial charge in [-0.2, -0.15) is 26.3 Å². The van der Waals surface area contributed by atoms with E-state index in [0.717, 1.165) is 24.5 Å². The molecule has 0 bridgehead atoms. The van der Waals surface area contributed by atoms with Gasteiger partial charge in [0.05, 0.1) is 190 Å². The average molecular weight is 1450 g/mol. The van der Waals surface area contributed by atoms with E-state index >= 15 is 0 Å². The molecule has 0 radical (unpaired) electrons. The van der Waals surface area contributed by atoms with E-state index in [0.29, 0.717) is 26.4 Å². The molecule has 570 valence electrons. The van der Waals surface area contributed by atoms with Gasteiger partial charge in [-0.1, -0.05) is 0 Å². The number of carbonyl (C=O) groups is 4. The molecule has 100 heavy (non-hydrogen) atoms. The number of carboxylic acids is 1. The van der Waals surface area contributed by atoms with Crippen LogP contribution >= 0.6 is 0 Å². The first-order chi connectivity index (χ1) is 47.9. The number of aromatic nitrogens is 4. The Morgan fingerprint density at radius 2 is 0.830 bits per heavy atom. The van der Waals surface area contributed by atoms with Crippen LogP contribution in [0.15, 0.2) is 24.5 Å². The van der Waals surface area contributed by atoms with Crippen LogP contribution in [-0.4, -0.2) is 313 Å². The van der Waals surface area contributed by atoms with Crippen molar-refractivity contribution in [2.75, 3.05) is 209 Å². The standard InChI is InChI=1S/C61H95F6N9O24/c1-58(2)97-52-42(73-56-70-9-5-46(75-56)60(62,63)64)35-95-44(54(52)99-58)37-91-29-25-86-23-21-84-19-17-82-15-11-68-48(77)7-13-89-33-41(72-50(79)39-93-31-27-88-28-32-94-40-51(80)81)34-90-14-8-49(78)69-12-16-83-18-20-85-22-24-87-26-30-92-38-45-55-53(98-59(3,4)100-55)43(36-96-45)74-57-71-10-6-47(76-57)61(65,66)67/h5-6,9-10,41-45,52-55H,7-8,11-40H2,1-4H3,(H,68,77)(H,69,78)(H,72,79)(H,80,81)(H,70,73,75)(H,71,74,76)/t42-,43-,44+,45+,52+,53+,54-,55-/m0/s1. The van der Waals surface area contributed by atoms with Crippen molar-refractivity contribution in [3.05, 3.63) is 35.9 Å². The number of halogens is 6. The van der Waals surface area contributed by atoms with E-state index in [1.54, 1.807) is 27.7 Å². The van der Waals surface area contributed by atoms with Crippen molar-refractivity contribution in [2.24, 2.45) is 0 Å². The molecule has 4 saturated heterocycles. The normalized spacial score (nSPS) is 22.0. The molecule has 6 heterocycles. The monoisotopic (exact) mass is 1450 g/mol. The van der Waals surface area contributed by atoms with Crippen LogP contribution in [-0.2, 0) is 122 Å². The van der Waals surface area contributed by atoms with Gasteiger partial charge in [-0.15, -0.1) is 0 Å². The zero-order valence-corrected chi connectivity index (χ0v) is 56.5. The molecule has 0 aromatic carbocycles. The van der Waals surface area contributed by atoms with Crippen LogP contribution in [0.2, 0.25) is 0 Å². The summed E-state index contributed by atoms with van der Waals surface area (Å²) < 4.78 is 188. The molecule has 2 aromatic rings. The van der Waals surface area contributed by atoms with Crippen LogP contribution in [0, 0.1) is 0 Å². The highest BCUT2D eigenvalue weighted by molar-refractivity contribution is 5.77. The lowest BCUT2D eigenvalue weighted by Gasteiger charge is -2.37. The quantitative estimate of drug-likeness (QED) is 0.0400. The van der Waals surface area contributed by atoms with E-state index in [-0.39, 0.29) is 202 Å². The number of aliphatic carboxylic acids is 1. The molecule has 6 N–H and O–H groups in total. The van der Waals surface area contributed by atoms with Crippen molar-refractivity contribution < 1.29 is 141 Å². The fourth-order valence-corrected chi connectivity index (χ4v) is 9.97. The molecule has 4 aliphatic heterocycles. The van der Waals surface area contributed by atoms with Crippen LogP contribution in [0.1, 0.15) is 51.9 Å². The van der Waals surface area contributed by atoms with Crippen LogP contribution in [0.4, 0.5) is 38.2 Å². The molecule has 0 unspecified atom stereocenters. The van der Waals surface area contributed by atoms with Gasteiger partial charge >= 0.3 is 18.3 Å². The minimum absolute atomic E-state index is 0.0139. The van der Waals surface area contributed by atoms with Gasteiger partial charge in [0.15, 0.2) is 11.6 Å². The van der Waals surface area contributed by atoms with Crippen LogP contribution < -0.4 is 26.6 Å². The first-order valence-electron chi connectivity index (χ1n) is 32.8. The van der Waals surface area contributed by atoms with Gasteiger partial charge in [0.2, 0.25) is 29.6 Å². The zero-order chi connectivity index (χ0) is 72.1. The summed E-state index contributed by atoms with van der Waals surface area (Å²) in [5.41, 5.74) is -2.15. The predicted molar refractivity (Wildman–Crippen MR) is 331 cm³/mol. The Morgan fingerprint density at radius 3 is 1.21 bits per heavy atom. The maximum absolute atomic E-state index is 13.2. The molecule has 6 rings (SSSR count). The fraction of sp³-hybridized carbons (Fsp3) is 0.803. The largest absolute Gasteiger partial charge is 0.480 e. The van der Waals surface area contributed by atoms with Gasteiger partial charge in [-0.3, -0.25) is 14.4 Å². The SMILES string of the molecule is CC1(C)O[C@@H]2[C@H](O1)[C@@H](Nc1nccc(C(F)(F)F)n1)CO[C@@H]2COCCOCCOCCOCCNC(=O)CCOCC(COCCC(=O)NCCOCCOCCOCCOC[C@H]1OC[C@H](Nc2nccc(C(F)(F)F)n2)[C@H]2OC(C)(C)O[C@H]21)NC(=O)COCCOCCOCC(=O)O. The van der Waals surface area contributed by atoms with Crippen LogP contribution in [0.3, 0.4) is 0 Å². The molecule has 39 heteroatoms. The average Bonchev–Trinajstić information content (AvgIpc) is 1.62. The zero-order valence-electron chi connectivity index (χ0n) is 56.5. The number of carboxylic acid groups (broad SMARTS) is 1. The van der Waals surface area contributed by atoms with Gasteiger partial charge < -0.3 is 122 Å². The highest BCUT2D eigenvalue weighted by atomic mass is 19.4. The Balaban J connectivity index is 0.730. The van der Waals surface area contributed by atoms with Gasteiger partial charge in [0, 0.05) is 38.3 Å². The Kier molecular flexibility index (Phi) is 37.4. The van der Waals surface area contributed by atoms with E-state index < -0.39 is 109 Å². The van der Waals surface area contributed by atoms with Crippen molar-refractivity contribution in [1.82, 2.24) is 35.9 Å². The van der Waals surface area contributed by atoms with E-state index in [2.05, 4.69) is 46.5 Å². The van der Waals surface area contributed by atoms with Crippen molar-refractivity contribution >= 4 is 35.6 Å². The Morgan fingerprint density at radius 1 is 0.480 bits per heavy atom. The van der Waals surface area contributed by atoms with Crippen LogP contribution in [0.5, 0.6) is 0 Å². The van der Waals surface area contributed by atoms with Crippen molar-refractivity contribution in [3.63, 3.8) is 0 Å². The maximum atomic E-state index is 13.2. The Bertz CT molecular complexity index is 2520. The van der Waals surface area contributed by atoms with Gasteiger partial charge in [-0.25, -0.2) is 24.7 Å². The molecule has 2 aromatic heterocycles. The molecule has 0 spiro atoms. The van der Waals surface area contributed by atoms with Gasteiger partial charge in [0.1, 0.15) is 61.2 Å². The molecule has 0 saturated carbocycles. The molecule has 4 fully saturated rings. The second kappa shape index (κ2) is 44.9. The lowest BCUT2D eigenvalue weighted by Crippen LogP contribution is -2.55. The Hall–Kier alpha value is -5.54. The lowest BCUT2D eigenvalue weighted by molar-refractivity contribution is -0.161. The third-order valence-electron chi connectivity index (χ3n) is 14.4. The van der Waals surface area contributed by atoms with Crippen molar-refractivity contribution in [1.29, 1.82) is 0 Å². The molecule has 4 aliphatic rings. The number of fused-ring (bicyclic) bond motifs is 2. The number of rotatable bonds is 53. The highest BCUT2D eigenvalue weighted by Gasteiger charge is 2.54. The molecule has 33 nitrogen and oxygen atoms in total. The first-order valence-corrected chi connectivity index (χ1v) is 32.8. The number of nitrogens with zero attached hydrogens (tertiary/aromatic N) is 4. The summed E-state index contributed by atoms with van der Waals surface area (Å²) in [7, 11) is 0. The second-order valence-corrected chi connectivity index (χ2v) is 23.5. The smallest absolute Gasteiger partial charge is 0.433 e. The number of ether oxygens (including phenoxy) is 19. The third kappa shape index (κ3) is 33.3. The summed E-state index contributed by atoms with van der Waals surface area (Å²) in [6.45, 7) is 11.3. The molecular weight excluding hydrogens is 1360 g/mol. The summed E-state index contributed by atoms with van der Waals surface area (Å²) in [5, 5.41) is 22.7. The van der Waals surface area contributed by atoms with Crippen LogP contribution in [0.25, 0.3) is 0 Å². The summed E-state index contributed by atoms with van der Waals surface area (Å²) in [6.07, 6.45) is -10.5.